The van der Waals surface area contributed by atoms with Gasteiger partial charge in [0, 0.05) is 6.54 Å². The van der Waals surface area contributed by atoms with Crippen LogP contribution in [0.2, 0.25) is 0 Å². The summed E-state index contributed by atoms with van der Waals surface area (Å²) in [6.45, 7) is 6.53. The van der Waals surface area contributed by atoms with Gasteiger partial charge in [-0.1, -0.05) is 0 Å². The molecule has 1 saturated heterocycles. The molecule has 1 aliphatic rings. The van der Waals surface area contributed by atoms with Crippen LogP contribution in [0.3, 0.4) is 0 Å². The first-order valence-corrected chi connectivity index (χ1v) is 7.43. The molecule has 1 atom stereocenters. The van der Waals surface area contributed by atoms with Gasteiger partial charge in [0.15, 0.2) is 0 Å². The van der Waals surface area contributed by atoms with Crippen LogP contribution in [0.15, 0.2) is 16.8 Å². The molecule has 1 fully saturated rings. The molecule has 1 aromatic heterocycles. The molecule has 1 amide bonds. The van der Waals surface area contributed by atoms with Crippen LogP contribution in [0.25, 0.3) is 0 Å². The van der Waals surface area contributed by atoms with E-state index in [1.165, 1.54) is 12.0 Å². The molecule has 1 aromatic rings. The predicted octanol–water partition coefficient (Wildman–Crippen LogP) is 4.21. The quantitative estimate of drug-likeness (QED) is 0.762. The normalized spacial score (nSPS) is 20.8. The number of rotatable bonds is 1. The van der Waals surface area contributed by atoms with E-state index in [0.717, 1.165) is 19.4 Å². The van der Waals surface area contributed by atoms with Gasteiger partial charge in [0.1, 0.15) is 5.60 Å². The molecule has 0 aromatic carbocycles. The Balaban J connectivity index is 2.11. The van der Waals surface area contributed by atoms with Crippen molar-refractivity contribution in [2.75, 3.05) is 6.54 Å². The maximum Gasteiger partial charge on any atom is 0.410 e. The fraction of sp³-hybridized carbons (Fsp3) is 0.643. The van der Waals surface area contributed by atoms with Crippen molar-refractivity contribution in [2.45, 2.75) is 51.7 Å². The van der Waals surface area contributed by atoms with E-state index in [0.29, 0.717) is 0 Å². The van der Waals surface area contributed by atoms with Gasteiger partial charge in [0.25, 0.3) is 0 Å². The summed E-state index contributed by atoms with van der Waals surface area (Å²) in [7, 11) is 0. The number of hydrogen-bond donors (Lipinski definition) is 0. The smallest absolute Gasteiger partial charge is 0.410 e. The number of likely N-dealkylation sites (tertiary alicyclic amines) is 1. The summed E-state index contributed by atoms with van der Waals surface area (Å²) < 4.78 is 5.50. The van der Waals surface area contributed by atoms with Crippen molar-refractivity contribution in [3.63, 3.8) is 0 Å². The minimum atomic E-state index is -0.423. The first kappa shape index (κ1) is 13.4. The van der Waals surface area contributed by atoms with Crippen LogP contribution in [0.4, 0.5) is 4.79 Å². The van der Waals surface area contributed by atoms with E-state index >= 15 is 0 Å². The summed E-state index contributed by atoms with van der Waals surface area (Å²) in [4.78, 5) is 14.1. The third-order valence-corrected chi connectivity index (χ3v) is 3.76. The monoisotopic (exact) mass is 267 g/mol. The van der Waals surface area contributed by atoms with Gasteiger partial charge in [-0.3, -0.25) is 0 Å². The first-order chi connectivity index (χ1) is 8.47. The number of carbonyl (C=O) groups excluding carboxylic acids is 1. The topological polar surface area (TPSA) is 29.5 Å². The van der Waals surface area contributed by atoms with Gasteiger partial charge in [-0.05, 0) is 62.4 Å². The van der Waals surface area contributed by atoms with E-state index in [4.69, 9.17) is 4.74 Å². The Labute approximate surface area is 113 Å². The van der Waals surface area contributed by atoms with E-state index in [9.17, 15) is 4.79 Å². The molecule has 0 saturated carbocycles. The maximum atomic E-state index is 12.2. The fourth-order valence-corrected chi connectivity index (χ4v) is 2.99. The van der Waals surface area contributed by atoms with E-state index < -0.39 is 5.60 Å². The zero-order valence-electron chi connectivity index (χ0n) is 11.3. The molecule has 1 aliphatic heterocycles. The van der Waals surface area contributed by atoms with E-state index in [-0.39, 0.29) is 12.1 Å². The van der Waals surface area contributed by atoms with Gasteiger partial charge in [-0.2, -0.15) is 11.3 Å². The van der Waals surface area contributed by atoms with E-state index in [1.807, 2.05) is 25.7 Å². The standard InChI is InChI=1S/C14H21NO2S/c1-14(2,3)17-13(16)15-8-5-4-6-12(15)11-7-9-18-10-11/h7,9-10,12H,4-6,8H2,1-3H3/t12-/m1/s1. The zero-order valence-corrected chi connectivity index (χ0v) is 12.1. The number of ether oxygens (including phenoxy) is 1. The summed E-state index contributed by atoms with van der Waals surface area (Å²) in [6, 6.07) is 2.30. The molecular weight excluding hydrogens is 246 g/mol. The Morgan fingerprint density at radius 1 is 1.44 bits per heavy atom. The van der Waals surface area contributed by atoms with Crippen molar-refractivity contribution in [1.82, 2.24) is 4.90 Å². The lowest BCUT2D eigenvalue weighted by molar-refractivity contribution is 0.00956. The van der Waals surface area contributed by atoms with Gasteiger partial charge in [0.2, 0.25) is 0 Å². The molecule has 0 N–H and O–H groups in total. The van der Waals surface area contributed by atoms with Gasteiger partial charge in [-0.25, -0.2) is 4.79 Å². The number of carbonyl (C=O) groups is 1. The molecule has 0 radical (unpaired) electrons. The van der Waals surface area contributed by atoms with Crippen LogP contribution in [0.1, 0.15) is 51.6 Å². The summed E-state index contributed by atoms with van der Waals surface area (Å²) in [6.07, 6.45) is 3.11. The number of nitrogens with zero attached hydrogens (tertiary/aromatic N) is 1. The second-order valence-electron chi connectivity index (χ2n) is 5.74. The number of hydrogen-bond acceptors (Lipinski definition) is 3. The number of amides is 1. The average Bonchev–Trinajstić information content (AvgIpc) is 2.80. The molecule has 0 unspecified atom stereocenters. The second kappa shape index (κ2) is 5.31. The summed E-state index contributed by atoms with van der Waals surface area (Å²) in [5, 5.41) is 4.20. The minimum absolute atomic E-state index is 0.182. The van der Waals surface area contributed by atoms with Crippen molar-refractivity contribution in [3.05, 3.63) is 22.4 Å². The molecule has 100 valence electrons. The van der Waals surface area contributed by atoms with E-state index in [2.05, 4.69) is 16.8 Å². The lowest BCUT2D eigenvalue weighted by Crippen LogP contribution is -2.41. The highest BCUT2D eigenvalue weighted by molar-refractivity contribution is 7.07. The molecule has 2 heterocycles. The molecule has 3 nitrogen and oxygen atoms in total. The predicted molar refractivity (Wildman–Crippen MR) is 73.9 cm³/mol. The molecule has 4 heteroatoms. The summed E-state index contributed by atoms with van der Waals surface area (Å²) >= 11 is 1.68. The highest BCUT2D eigenvalue weighted by Crippen LogP contribution is 2.33. The highest BCUT2D eigenvalue weighted by atomic mass is 32.1. The molecule has 0 spiro atoms. The van der Waals surface area contributed by atoms with Gasteiger partial charge < -0.3 is 9.64 Å². The lowest BCUT2D eigenvalue weighted by atomic mass is 9.98. The van der Waals surface area contributed by atoms with Crippen molar-refractivity contribution in [2.24, 2.45) is 0 Å². The average molecular weight is 267 g/mol. The second-order valence-corrected chi connectivity index (χ2v) is 6.52. The molecule has 18 heavy (non-hydrogen) atoms. The molecule has 0 aliphatic carbocycles. The fourth-order valence-electron chi connectivity index (χ4n) is 2.28. The minimum Gasteiger partial charge on any atom is -0.444 e. The molecule has 2 rings (SSSR count). The van der Waals surface area contributed by atoms with Gasteiger partial charge in [-0.15, -0.1) is 0 Å². The van der Waals surface area contributed by atoms with E-state index in [1.54, 1.807) is 11.3 Å². The van der Waals surface area contributed by atoms with Crippen molar-refractivity contribution >= 4 is 17.4 Å². The Kier molecular flexibility index (Phi) is 3.95. The lowest BCUT2D eigenvalue weighted by Gasteiger charge is -2.36. The number of thiophene rings is 1. The van der Waals surface area contributed by atoms with Crippen LogP contribution in [-0.2, 0) is 4.74 Å². The SMILES string of the molecule is CC(C)(C)OC(=O)N1CCCC[C@@H]1c1ccsc1. The Bertz CT molecular complexity index is 394. The van der Waals surface area contributed by atoms with Crippen LogP contribution < -0.4 is 0 Å². The third-order valence-electron chi connectivity index (χ3n) is 3.06. The summed E-state index contributed by atoms with van der Waals surface area (Å²) in [5.74, 6) is 0. The maximum absolute atomic E-state index is 12.2. The van der Waals surface area contributed by atoms with Crippen LogP contribution in [-0.4, -0.2) is 23.1 Å². The van der Waals surface area contributed by atoms with Crippen LogP contribution in [0.5, 0.6) is 0 Å². The molecular formula is C14H21NO2S. The molecule has 0 bridgehead atoms. The van der Waals surface area contributed by atoms with Crippen molar-refractivity contribution in [3.8, 4) is 0 Å². The highest BCUT2D eigenvalue weighted by Gasteiger charge is 2.31. The van der Waals surface area contributed by atoms with Crippen LogP contribution in [0, 0.1) is 0 Å². The first-order valence-electron chi connectivity index (χ1n) is 6.49. The Morgan fingerprint density at radius 2 is 2.22 bits per heavy atom. The van der Waals surface area contributed by atoms with Crippen molar-refractivity contribution in [1.29, 1.82) is 0 Å². The van der Waals surface area contributed by atoms with Gasteiger partial charge in [0.05, 0.1) is 6.04 Å². The zero-order chi connectivity index (χ0) is 13.2. The largest absolute Gasteiger partial charge is 0.444 e. The van der Waals surface area contributed by atoms with Crippen molar-refractivity contribution < 1.29 is 9.53 Å². The summed E-state index contributed by atoms with van der Waals surface area (Å²) in [5.41, 5.74) is 0.818. The Morgan fingerprint density at radius 3 is 2.83 bits per heavy atom. The number of piperidine rings is 1. The van der Waals surface area contributed by atoms with Gasteiger partial charge >= 0.3 is 6.09 Å². The third kappa shape index (κ3) is 3.25. The van der Waals surface area contributed by atoms with Crippen LogP contribution >= 0.6 is 11.3 Å². The Hall–Kier alpha value is -1.03.